The predicted octanol–water partition coefficient (Wildman–Crippen LogP) is 0.791. The molecule has 0 bridgehead atoms. The van der Waals surface area contributed by atoms with Crippen LogP contribution in [0.5, 0.6) is 0 Å². The number of amidine groups is 1. The summed E-state index contributed by atoms with van der Waals surface area (Å²) in [6.45, 7) is 0. The van der Waals surface area contributed by atoms with Gasteiger partial charge in [-0.3, -0.25) is 4.79 Å². The van der Waals surface area contributed by atoms with Crippen molar-refractivity contribution < 1.29 is 9.18 Å². The number of primary amides is 1. The number of aromatic nitrogens is 1. The summed E-state index contributed by atoms with van der Waals surface area (Å²) in [5, 5.41) is 12.5. The molecule has 5 N–H and O–H groups in total. The van der Waals surface area contributed by atoms with Gasteiger partial charge in [0, 0.05) is 30.5 Å². The van der Waals surface area contributed by atoms with Gasteiger partial charge >= 0.3 is 0 Å². The normalized spacial score (nSPS) is 23.7. The molecular weight excluding hydrogens is 349 g/mol. The summed E-state index contributed by atoms with van der Waals surface area (Å²) in [6.07, 6.45) is 5.08. The number of aliphatic imine (C=N–C) groups is 1. The first-order chi connectivity index (χ1) is 12.8. The second-order valence-electron chi connectivity index (χ2n) is 6.70. The van der Waals surface area contributed by atoms with Crippen LogP contribution in [0, 0.1) is 23.2 Å². The van der Waals surface area contributed by atoms with Gasteiger partial charge in [-0.05, 0) is 39.4 Å². The summed E-state index contributed by atoms with van der Waals surface area (Å²) < 4.78 is 13.2. The van der Waals surface area contributed by atoms with Crippen LogP contribution in [-0.4, -0.2) is 47.8 Å². The molecule has 1 amide bonds. The fourth-order valence-corrected chi connectivity index (χ4v) is 3.08. The molecule has 1 saturated carbocycles. The Bertz CT molecular complexity index is 784. The molecule has 1 heterocycles. The summed E-state index contributed by atoms with van der Waals surface area (Å²) in [7, 11) is 3.99. The molecule has 9 heteroatoms. The van der Waals surface area contributed by atoms with Gasteiger partial charge in [-0.2, -0.15) is 9.65 Å². The van der Waals surface area contributed by atoms with Crippen LogP contribution in [0.15, 0.2) is 35.1 Å². The topological polar surface area (TPSA) is 133 Å². The van der Waals surface area contributed by atoms with Crippen molar-refractivity contribution >= 4 is 17.4 Å². The third-order valence-corrected chi connectivity index (χ3v) is 4.66. The SMILES string of the molecule is CN(C)[C@H]1CC[C@H](N/C=C(/C(N)=O)C(N)=Nc2ccnc(F)c2)[C@@H](C#N)C1. The lowest BCUT2D eigenvalue weighted by Gasteiger charge is -2.36. The van der Waals surface area contributed by atoms with Crippen molar-refractivity contribution in [1.82, 2.24) is 15.2 Å². The summed E-state index contributed by atoms with van der Waals surface area (Å²) in [4.78, 5) is 21.3. The number of nitrogens with zero attached hydrogens (tertiary/aromatic N) is 4. The van der Waals surface area contributed by atoms with Crippen molar-refractivity contribution in [1.29, 1.82) is 5.26 Å². The van der Waals surface area contributed by atoms with Crippen molar-refractivity contribution in [2.75, 3.05) is 14.1 Å². The van der Waals surface area contributed by atoms with Crippen LogP contribution in [0.4, 0.5) is 10.1 Å². The number of nitriles is 1. The zero-order valence-electron chi connectivity index (χ0n) is 15.4. The van der Waals surface area contributed by atoms with Crippen LogP contribution < -0.4 is 16.8 Å². The average molecular weight is 373 g/mol. The molecular formula is C18H24FN7O. The van der Waals surface area contributed by atoms with E-state index in [9.17, 15) is 14.4 Å². The zero-order chi connectivity index (χ0) is 20.0. The van der Waals surface area contributed by atoms with Crippen LogP contribution in [-0.2, 0) is 4.79 Å². The highest BCUT2D eigenvalue weighted by Gasteiger charge is 2.31. The van der Waals surface area contributed by atoms with Gasteiger partial charge in [-0.1, -0.05) is 0 Å². The Labute approximate surface area is 157 Å². The highest BCUT2D eigenvalue weighted by molar-refractivity contribution is 6.20. The van der Waals surface area contributed by atoms with Crippen LogP contribution in [0.25, 0.3) is 0 Å². The molecule has 0 aliphatic heterocycles. The molecule has 8 nitrogen and oxygen atoms in total. The minimum absolute atomic E-state index is 0.0290. The third-order valence-electron chi connectivity index (χ3n) is 4.66. The Hall–Kier alpha value is -2.99. The molecule has 1 aliphatic rings. The fraction of sp³-hybridized carbons (Fsp3) is 0.444. The summed E-state index contributed by atoms with van der Waals surface area (Å²) in [5.74, 6) is -1.82. The van der Waals surface area contributed by atoms with E-state index in [1.165, 1.54) is 18.5 Å². The second-order valence-corrected chi connectivity index (χ2v) is 6.70. The molecule has 0 spiro atoms. The van der Waals surface area contributed by atoms with E-state index in [-0.39, 0.29) is 29.1 Å². The minimum atomic E-state index is -0.770. The molecule has 2 rings (SSSR count). The number of halogens is 1. The van der Waals surface area contributed by atoms with E-state index in [1.807, 2.05) is 14.1 Å². The van der Waals surface area contributed by atoms with Gasteiger partial charge in [0.2, 0.25) is 5.95 Å². The van der Waals surface area contributed by atoms with Gasteiger partial charge in [0.15, 0.2) is 0 Å². The van der Waals surface area contributed by atoms with Crippen molar-refractivity contribution in [2.45, 2.75) is 31.3 Å². The van der Waals surface area contributed by atoms with Crippen molar-refractivity contribution in [3.63, 3.8) is 0 Å². The molecule has 0 unspecified atom stereocenters. The van der Waals surface area contributed by atoms with Crippen molar-refractivity contribution in [2.24, 2.45) is 22.4 Å². The predicted molar refractivity (Wildman–Crippen MR) is 100 cm³/mol. The first-order valence-electron chi connectivity index (χ1n) is 8.60. The molecule has 3 atom stereocenters. The van der Waals surface area contributed by atoms with Gasteiger partial charge in [0.05, 0.1) is 23.2 Å². The van der Waals surface area contributed by atoms with Gasteiger partial charge in [-0.25, -0.2) is 9.98 Å². The largest absolute Gasteiger partial charge is 0.386 e. The summed E-state index contributed by atoms with van der Waals surface area (Å²) in [5.41, 5.74) is 11.5. The summed E-state index contributed by atoms with van der Waals surface area (Å²) >= 11 is 0. The van der Waals surface area contributed by atoms with E-state index < -0.39 is 11.9 Å². The van der Waals surface area contributed by atoms with Crippen LogP contribution >= 0.6 is 0 Å². The molecule has 1 fully saturated rings. The first kappa shape index (κ1) is 20.3. The Morgan fingerprint density at radius 1 is 1.48 bits per heavy atom. The number of pyridine rings is 1. The van der Waals surface area contributed by atoms with E-state index in [2.05, 4.69) is 26.3 Å². The standard InChI is InChI=1S/C18H24FN7O/c1-26(2)13-3-4-15(11(7-13)9-20)24-10-14(18(22)27)17(21)25-12-5-6-23-16(19)8-12/h5-6,8,10-11,13,15,24H,3-4,7H2,1-2H3,(H2,22,27)(H2,21,23,25)/b14-10+/t11-,13+,15+/m1/s1. The summed E-state index contributed by atoms with van der Waals surface area (Å²) in [6, 6.07) is 5.10. The van der Waals surface area contributed by atoms with Gasteiger partial charge in [-0.15, -0.1) is 0 Å². The maximum absolute atomic E-state index is 13.2. The van der Waals surface area contributed by atoms with Gasteiger partial charge in [0.1, 0.15) is 5.84 Å². The molecule has 144 valence electrons. The molecule has 0 saturated heterocycles. The molecule has 1 aliphatic carbocycles. The molecule has 27 heavy (non-hydrogen) atoms. The highest BCUT2D eigenvalue weighted by Crippen LogP contribution is 2.27. The quantitative estimate of drug-likeness (QED) is 0.292. The lowest BCUT2D eigenvalue weighted by atomic mass is 9.82. The van der Waals surface area contributed by atoms with Gasteiger partial charge < -0.3 is 21.7 Å². The lowest BCUT2D eigenvalue weighted by Crippen LogP contribution is -2.44. The maximum Gasteiger partial charge on any atom is 0.253 e. The number of hydrogen-bond acceptors (Lipinski definition) is 6. The molecule has 1 aromatic heterocycles. The third kappa shape index (κ3) is 5.49. The number of rotatable bonds is 6. The number of hydrogen-bond donors (Lipinski definition) is 3. The van der Waals surface area contributed by atoms with E-state index >= 15 is 0 Å². The molecule has 0 radical (unpaired) electrons. The highest BCUT2D eigenvalue weighted by atomic mass is 19.1. The first-order valence-corrected chi connectivity index (χ1v) is 8.60. The lowest BCUT2D eigenvalue weighted by molar-refractivity contribution is -0.114. The fourth-order valence-electron chi connectivity index (χ4n) is 3.08. The number of amides is 1. The van der Waals surface area contributed by atoms with Crippen LogP contribution in [0.2, 0.25) is 0 Å². The number of nitrogens with one attached hydrogen (secondary N) is 1. The minimum Gasteiger partial charge on any atom is -0.386 e. The molecule has 1 aromatic rings. The van der Waals surface area contributed by atoms with E-state index in [1.54, 1.807) is 0 Å². The Kier molecular flexibility index (Phi) is 6.85. The number of carbonyl (C=O) groups excluding carboxylic acids is 1. The number of carbonyl (C=O) groups is 1. The van der Waals surface area contributed by atoms with Crippen molar-refractivity contribution in [3.05, 3.63) is 36.1 Å². The Balaban J connectivity index is 2.16. The van der Waals surface area contributed by atoms with E-state index in [4.69, 9.17) is 11.5 Å². The van der Waals surface area contributed by atoms with Crippen LogP contribution in [0.1, 0.15) is 19.3 Å². The Morgan fingerprint density at radius 2 is 2.22 bits per heavy atom. The Morgan fingerprint density at radius 3 is 2.81 bits per heavy atom. The van der Waals surface area contributed by atoms with Gasteiger partial charge in [0.25, 0.3) is 5.91 Å². The monoisotopic (exact) mass is 373 g/mol. The number of nitrogens with two attached hydrogens (primary N) is 2. The zero-order valence-corrected chi connectivity index (χ0v) is 15.4. The van der Waals surface area contributed by atoms with E-state index in [0.717, 1.165) is 25.3 Å². The molecule has 0 aromatic carbocycles. The van der Waals surface area contributed by atoms with Crippen LogP contribution in [0.3, 0.4) is 0 Å². The van der Waals surface area contributed by atoms with Crippen molar-refractivity contribution in [3.8, 4) is 6.07 Å². The maximum atomic E-state index is 13.2. The smallest absolute Gasteiger partial charge is 0.253 e. The van der Waals surface area contributed by atoms with E-state index in [0.29, 0.717) is 6.04 Å². The second kappa shape index (κ2) is 9.09. The average Bonchev–Trinajstić information content (AvgIpc) is 2.61.